The Morgan fingerprint density at radius 2 is 1.66 bits per heavy atom. The molecule has 3 aliphatic heterocycles. The molecule has 29 heavy (non-hydrogen) atoms. The van der Waals surface area contributed by atoms with Crippen LogP contribution in [-0.2, 0) is 4.79 Å². The Hall–Kier alpha value is -0.650. The fourth-order valence-corrected chi connectivity index (χ4v) is 5.56. The lowest BCUT2D eigenvalue weighted by Crippen LogP contribution is -2.51. The summed E-state index contributed by atoms with van der Waals surface area (Å²) in [4.78, 5) is 20.7. The SMILES string of the molecule is CC(CCN(C(=O)CN1CCC(C(C)(C)C)CC1)C1CCNCC1)N1CCCC1. The van der Waals surface area contributed by atoms with Crippen LogP contribution in [0.1, 0.15) is 72.6 Å². The Morgan fingerprint density at radius 3 is 2.24 bits per heavy atom. The van der Waals surface area contributed by atoms with Crippen LogP contribution in [0.25, 0.3) is 0 Å². The Kier molecular flexibility index (Phi) is 8.41. The van der Waals surface area contributed by atoms with Crippen molar-refractivity contribution in [3.63, 3.8) is 0 Å². The second kappa shape index (κ2) is 10.6. The van der Waals surface area contributed by atoms with E-state index in [1.54, 1.807) is 0 Å². The smallest absolute Gasteiger partial charge is 0.236 e. The molecule has 3 heterocycles. The van der Waals surface area contributed by atoms with Gasteiger partial charge >= 0.3 is 0 Å². The van der Waals surface area contributed by atoms with E-state index in [4.69, 9.17) is 0 Å². The third-order valence-electron chi connectivity index (χ3n) is 7.79. The second-order valence-electron chi connectivity index (χ2n) is 10.9. The van der Waals surface area contributed by atoms with E-state index in [1.807, 2.05) is 0 Å². The summed E-state index contributed by atoms with van der Waals surface area (Å²) in [5.41, 5.74) is 0.392. The van der Waals surface area contributed by atoms with Crippen LogP contribution in [0.2, 0.25) is 0 Å². The topological polar surface area (TPSA) is 38.8 Å². The first-order valence-corrected chi connectivity index (χ1v) is 12.3. The Bertz CT molecular complexity index is 498. The molecule has 3 saturated heterocycles. The molecule has 1 atom stereocenters. The van der Waals surface area contributed by atoms with Gasteiger partial charge in [0.05, 0.1) is 6.54 Å². The molecule has 3 fully saturated rings. The summed E-state index contributed by atoms with van der Waals surface area (Å²) >= 11 is 0. The van der Waals surface area contributed by atoms with Gasteiger partial charge in [0.1, 0.15) is 0 Å². The predicted octanol–water partition coefficient (Wildman–Crippen LogP) is 3.20. The number of amides is 1. The van der Waals surface area contributed by atoms with E-state index in [0.29, 0.717) is 30.0 Å². The summed E-state index contributed by atoms with van der Waals surface area (Å²) in [6.07, 6.45) is 8.47. The molecular formula is C24H46N4O. The van der Waals surface area contributed by atoms with E-state index < -0.39 is 0 Å². The van der Waals surface area contributed by atoms with Gasteiger partial charge in [0.2, 0.25) is 5.91 Å². The number of rotatable bonds is 7. The van der Waals surface area contributed by atoms with E-state index in [2.05, 4.69) is 47.7 Å². The van der Waals surface area contributed by atoms with Crippen molar-refractivity contribution in [2.75, 3.05) is 52.4 Å². The van der Waals surface area contributed by atoms with Gasteiger partial charge in [-0.05, 0) is 102 Å². The highest BCUT2D eigenvalue weighted by atomic mass is 16.2. The molecule has 1 N–H and O–H groups in total. The van der Waals surface area contributed by atoms with Crippen LogP contribution in [0.15, 0.2) is 0 Å². The van der Waals surface area contributed by atoms with Gasteiger partial charge in [-0.1, -0.05) is 20.8 Å². The molecule has 1 unspecified atom stereocenters. The summed E-state index contributed by atoms with van der Waals surface area (Å²) in [5, 5.41) is 3.46. The van der Waals surface area contributed by atoms with Crippen LogP contribution in [0.5, 0.6) is 0 Å². The van der Waals surface area contributed by atoms with Crippen molar-refractivity contribution >= 4 is 5.91 Å². The molecule has 0 spiro atoms. The summed E-state index contributed by atoms with van der Waals surface area (Å²) in [7, 11) is 0. The first-order valence-electron chi connectivity index (χ1n) is 12.3. The van der Waals surface area contributed by atoms with E-state index in [-0.39, 0.29) is 0 Å². The van der Waals surface area contributed by atoms with Gasteiger partial charge in [-0.15, -0.1) is 0 Å². The van der Waals surface area contributed by atoms with Gasteiger partial charge in [-0.25, -0.2) is 0 Å². The zero-order chi connectivity index (χ0) is 20.9. The zero-order valence-electron chi connectivity index (χ0n) is 19.6. The third-order valence-corrected chi connectivity index (χ3v) is 7.79. The van der Waals surface area contributed by atoms with E-state index in [0.717, 1.165) is 57.9 Å². The van der Waals surface area contributed by atoms with Gasteiger partial charge in [0.25, 0.3) is 0 Å². The molecule has 3 aliphatic rings. The highest BCUT2D eigenvalue weighted by Crippen LogP contribution is 2.34. The minimum Gasteiger partial charge on any atom is -0.338 e. The van der Waals surface area contributed by atoms with Crippen molar-refractivity contribution in [1.29, 1.82) is 0 Å². The molecule has 0 bridgehead atoms. The summed E-state index contributed by atoms with van der Waals surface area (Å²) in [6, 6.07) is 1.03. The van der Waals surface area contributed by atoms with Crippen molar-refractivity contribution in [3.8, 4) is 0 Å². The van der Waals surface area contributed by atoms with Crippen molar-refractivity contribution in [3.05, 3.63) is 0 Å². The van der Waals surface area contributed by atoms with Crippen molar-refractivity contribution in [1.82, 2.24) is 20.0 Å². The Balaban J connectivity index is 1.53. The number of nitrogens with one attached hydrogen (secondary N) is 1. The lowest BCUT2D eigenvalue weighted by Gasteiger charge is -2.40. The van der Waals surface area contributed by atoms with Crippen LogP contribution in [0.3, 0.4) is 0 Å². The minimum atomic E-state index is 0.375. The maximum absolute atomic E-state index is 13.4. The van der Waals surface area contributed by atoms with Crippen LogP contribution in [0, 0.1) is 11.3 Å². The molecule has 5 nitrogen and oxygen atoms in total. The number of carbonyl (C=O) groups excluding carboxylic acids is 1. The first-order chi connectivity index (χ1) is 13.8. The van der Waals surface area contributed by atoms with Crippen molar-refractivity contribution in [2.45, 2.75) is 84.7 Å². The first kappa shape index (κ1) is 23.0. The quantitative estimate of drug-likeness (QED) is 0.705. The maximum Gasteiger partial charge on any atom is 0.236 e. The number of piperidine rings is 2. The van der Waals surface area contributed by atoms with Crippen molar-refractivity contribution in [2.24, 2.45) is 11.3 Å². The average molecular weight is 407 g/mol. The summed E-state index contributed by atoms with van der Waals surface area (Å²) < 4.78 is 0. The van der Waals surface area contributed by atoms with Gasteiger partial charge in [-0.2, -0.15) is 0 Å². The summed E-state index contributed by atoms with van der Waals surface area (Å²) in [5.74, 6) is 1.16. The Labute approximate surface area is 179 Å². The standard InChI is InChI=1S/C24H46N4O/c1-20(27-14-5-6-15-27)9-18-28(22-7-12-25-13-8-22)23(29)19-26-16-10-21(11-17-26)24(2,3)4/h20-22,25H,5-19H2,1-4H3. The number of likely N-dealkylation sites (tertiary alicyclic amines) is 2. The van der Waals surface area contributed by atoms with Gasteiger partial charge in [0, 0.05) is 18.6 Å². The summed E-state index contributed by atoms with van der Waals surface area (Å²) in [6.45, 7) is 17.7. The minimum absolute atomic E-state index is 0.375. The molecule has 0 aliphatic carbocycles. The fraction of sp³-hybridized carbons (Fsp3) is 0.958. The van der Waals surface area contributed by atoms with Crippen LogP contribution in [-0.4, -0.2) is 85.0 Å². The molecule has 3 rings (SSSR count). The predicted molar refractivity (Wildman–Crippen MR) is 121 cm³/mol. The van der Waals surface area contributed by atoms with E-state index >= 15 is 0 Å². The van der Waals surface area contributed by atoms with E-state index in [1.165, 1.54) is 38.8 Å². The molecule has 0 aromatic carbocycles. The van der Waals surface area contributed by atoms with Crippen LogP contribution in [0.4, 0.5) is 0 Å². The van der Waals surface area contributed by atoms with Crippen LogP contribution >= 0.6 is 0 Å². The zero-order valence-corrected chi connectivity index (χ0v) is 19.6. The monoisotopic (exact) mass is 406 g/mol. The molecule has 0 aromatic rings. The van der Waals surface area contributed by atoms with Crippen LogP contribution < -0.4 is 5.32 Å². The molecule has 1 amide bonds. The lowest BCUT2D eigenvalue weighted by atomic mass is 9.75. The molecule has 0 radical (unpaired) electrons. The Morgan fingerprint density at radius 1 is 1.03 bits per heavy atom. The molecule has 0 aromatic heterocycles. The van der Waals surface area contributed by atoms with E-state index in [9.17, 15) is 4.79 Å². The van der Waals surface area contributed by atoms with Gasteiger partial charge < -0.3 is 15.1 Å². The lowest BCUT2D eigenvalue weighted by molar-refractivity contribution is -0.136. The largest absolute Gasteiger partial charge is 0.338 e. The van der Waals surface area contributed by atoms with Crippen molar-refractivity contribution < 1.29 is 4.79 Å². The number of carbonyl (C=O) groups is 1. The normalized spacial score (nSPS) is 24.7. The molecule has 0 saturated carbocycles. The van der Waals surface area contributed by atoms with Gasteiger partial charge in [0.15, 0.2) is 0 Å². The highest BCUT2D eigenvalue weighted by molar-refractivity contribution is 5.78. The molecular weight excluding hydrogens is 360 g/mol. The molecule has 5 heteroatoms. The fourth-order valence-electron chi connectivity index (χ4n) is 5.56. The average Bonchev–Trinajstić information content (AvgIpc) is 3.23. The molecule has 168 valence electrons. The third kappa shape index (κ3) is 6.67. The second-order valence-corrected chi connectivity index (χ2v) is 10.9. The maximum atomic E-state index is 13.4. The number of nitrogens with zero attached hydrogens (tertiary/aromatic N) is 3. The highest BCUT2D eigenvalue weighted by Gasteiger charge is 2.32. The van der Waals surface area contributed by atoms with Gasteiger partial charge in [-0.3, -0.25) is 9.69 Å². The number of hydrogen-bond acceptors (Lipinski definition) is 4. The number of hydrogen-bond donors (Lipinski definition) is 1.